The van der Waals surface area contributed by atoms with Crippen LogP contribution in [0.15, 0.2) is 18.5 Å². The van der Waals surface area contributed by atoms with Crippen LogP contribution in [0.4, 0.5) is 0 Å². The van der Waals surface area contributed by atoms with Gasteiger partial charge in [-0.15, -0.1) is 0 Å². The molecular formula is C14H20ClN3O. The first kappa shape index (κ1) is 14.3. The zero-order valence-corrected chi connectivity index (χ0v) is 11.9. The van der Waals surface area contributed by atoms with Crippen LogP contribution in [0.5, 0.6) is 0 Å². The smallest absolute Gasteiger partial charge is 0.255 e. The standard InChI is InChI=1S/C14H20ClN3O/c1-2-10-4-6-18(11(7-10)8-16)14(19)12-3-5-17-9-13(12)15/h3,5,9-11H,2,4,6-8,16H2,1H3. The van der Waals surface area contributed by atoms with Crippen molar-refractivity contribution in [2.45, 2.75) is 32.2 Å². The number of hydrogen-bond acceptors (Lipinski definition) is 3. The molecule has 0 aliphatic carbocycles. The lowest BCUT2D eigenvalue weighted by atomic mass is 9.88. The average molecular weight is 282 g/mol. The lowest BCUT2D eigenvalue weighted by Crippen LogP contribution is -2.49. The van der Waals surface area contributed by atoms with Crippen LogP contribution in [-0.4, -0.2) is 34.9 Å². The molecule has 0 spiro atoms. The van der Waals surface area contributed by atoms with Gasteiger partial charge in [0.15, 0.2) is 0 Å². The van der Waals surface area contributed by atoms with E-state index < -0.39 is 0 Å². The highest BCUT2D eigenvalue weighted by Crippen LogP contribution is 2.27. The fourth-order valence-corrected chi connectivity index (χ4v) is 2.90. The van der Waals surface area contributed by atoms with Gasteiger partial charge in [-0.05, 0) is 24.8 Å². The van der Waals surface area contributed by atoms with Crippen LogP contribution in [0.25, 0.3) is 0 Å². The van der Waals surface area contributed by atoms with E-state index in [-0.39, 0.29) is 11.9 Å². The van der Waals surface area contributed by atoms with Crippen molar-refractivity contribution in [3.05, 3.63) is 29.0 Å². The fraction of sp³-hybridized carbons (Fsp3) is 0.571. The van der Waals surface area contributed by atoms with Gasteiger partial charge in [0.25, 0.3) is 5.91 Å². The van der Waals surface area contributed by atoms with Crippen LogP contribution in [-0.2, 0) is 0 Å². The van der Waals surface area contributed by atoms with Crippen molar-refractivity contribution in [2.75, 3.05) is 13.1 Å². The Bertz CT molecular complexity index is 452. The predicted octanol–water partition coefficient (Wildman–Crippen LogP) is 2.32. The minimum Gasteiger partial charge on any atom is -0.334 e. The molecule has 0 aromatic carbocycles. The summed E-state index contributed by atoms with van der Waals surface area (Å²) in [6.07, 6.45) is 6.28. The maximum Gasteiger partial charge on any atom is 0.255 e. The lowest BCUT2D eigenvalue weighted by molar-refractivity contribution is 0.0558. The molecule has 4 nitrogen and oxygen atoms in total. The number of carbonyl (C=O) groups excluding carboxylic acids is 1. The van der Waals surface area contributed by atoms with Gasteiger partial charge < -0.3 is 10.6 Å². The molecule has 104 valence electrons. The molecule has 2 N–H and O–H groups in total. The molecule has 5 heteroatoms. The van der Waals surface area contributed by atoms with E-state index in [9.17, 15) is 4.79 Å². The topological polar surface area (TPSA) is 59.2 Å². The average Bonchev–Trinajstić information content (AvgIpc) is 2.46. The maximum absolute atomic E-state index is 12.5. The number of halogens is 1. The first-order valence-corrected chi connectivity index (χ1v) is 7.15. The zero-order valence-electron chi connectivity index (χ0n) is 11.2. The van der Waals surface area contributed by atoms with Crippen molar-refractivity contribution < 1.29 is 4.79 Å². The van der Waals surface area contributed by atoms with Crippen molar-refractivity contribution in [2.24, 2.45) is 11.7 Å². The number of rotatable bonds is 3. The Morgan fingerprint density at radius 1 is 1.63 bits per heavy atom. The molecule has 1 aliphatic heterocycles. The van der Waals surface area contributed by atoms with E-state index in [2.05, 4.69) is 11.9 Å². The van der Waals surface area contributed by atoms with Crippen molar-refractivity contribution >= 4 is 17.5 Å². The summed E-state index contributed by atoms with van der Waals surface area (Å²) in [4.78, 5) is 18.3. The third kappa shape index (κ3) is 3.07. The summed E-state index contributed by atoms with van der Waals surface area (Å²) in [6.45, 7) is 3.46. The van der Waals surface area contributed by atoms with Crippen LogP contribution in [0.3, 0.4) is 0 Å². The molecule has 0 bridgehead atoms. The van der Waals surface area contributed by atoms with E-state index >= 15 is 0 Å². The minimum absolute atomic E-state index is 0.0302. The van der Waals surface area contributed by atoms with Gasteiger partial charge >= 0.3 is 0 Å². The van der Waals surface area contributed by atoms with Gasteiger partial charge in [-0.3, -0.25) is 9.78 Å². The second-order valence-corrected chi connectivity index (χ2v) is 5.45. The van der Waals surface area contributed by atoms with Gasteiger partial charge in [-0.25, -0.2) is 0 Å². The summed E-state index contributed by atoms with van der Waals surface area (Å²) in [5.41, 5.74) is 6.34. The molecule has 1 saturated heterocycles. The van der Waals surface area contributed by atoms with Gasteiger partial charge in [0, 0.05) is 31.5 Å². The monoisotopic (exact) mass is 281 g/mol. The lowest BCUT2D eigenvalue weighted by Gasteiger charge is -2.39. The van der Waals surface area contributed by atoms with E-state index in [4.69, 9.17) is 17.3 Å². The number of likely N-dealkylation sites (tertiary alicyclic amines) is 1. The predicted molar refractivity (Wildman–Crippen MR) is 76.1 cm³/mol. The maximum atomic E-state index is 12.5. The van der Waals surface area contributed by atoms with E-state index in [1.54, 1.807) is 12.3 Å². The van der Waals surface area contributed by atoms with Gasteiger partial charge in [0.05, 0.1) is 10.6 Å². The van der Waals surface area contributed by atoms with Gasteiger partial charge in [-0.2, -0.15) is 0 Å². The summed E-state index contributed by atoms with van der Waals surface area (Å²) in [5.74, 6) is 0.642. The van der Waals surface area contributed by atoms with Crippen LogP contribution in [0.1, 0.15) is 36.5 Å². The highest BCUT2D eigenvalue weighted by atomic mass is 35.5. The van der Waals surface area contributed by atoms with Crippen LogP contribution < -0.4 is 5.73 Å². The zero-order chi connectivity index (χ0) is 13.8. The van der Waals surface area contributed by atoms with Crippen LogP contribution in [0, 0.1) is 5.92 Å². The van der Waals surface area contributed by atoms with Gasteiger partial charge in [0.1, 0.15) is 0 Å². The van der Waals surface area contributed by atoms with Gasteiger partial charge in [-0.1, -0.05) is 24.9 Å². The SMILES string of the molecule is CCC1CCN(C(=O)c2ccncc2Cl)C(CN)C1. The Kier molecular flexibility index (Phi) is 4.77. The molecule has 0 radical (unpaired) electrons. The van der Waals surface area contributed by atoms with Crippen molar-refractivity contribution in [1.29, 1.82) is 0 Å². The number of pyridine rings is 1. The minimum atomic E-state index is -0.0302. The van der Waals surface area contributed by atoms with Gasteiger partial charge in [0.2, 0.25) is 0 Å². The molecule has 2 atom stereocenters. The number of piperidine rings is 1. The summed E-state index contributed by atoms with van der Waals surface area (Å²) in [7, 11) is 0. The number of amides is 1. The molecule has 0 saturated carbocycles. The number of carbonyl (C=O) groups is 1. The Balaban J connectivity index is 2.17. The highest BCUT2D eigenvalue weighted by molar-refractivity contribution is 6.33. The third-order valence-electron chi connectivity index (χ3n) is 3.94. The Morgan fingerprint density at radius 2 is 2.42 bits per heavy atom. The molecular weight excluding hydrogens is 262 g/mol. The summed E-state index contributed by atoms with van der Waals surface area (Å²) in [5, 5.41) is 0.404. The van der Waals surface area contributed by atoms with E-state index in [1.807, 2.05) is 4.90 Å². The molecule has 1 aliphatic rings. The second-order valence-electron chi connectivity index (χ2n) is 5.04. The molecule has 1 fully saturated rings. The van der Waals surface area contributed by atoms with Crippen molar-refractivity contribution in [1.82, 2.24) is 9.88 Å². The molecule has 19 heavy (non-hydrogen) atoms. The first-order valence-electron chi connectivity index (χ1n) is 6.77. The number of nitrogens with two attached hydrogens (primary N) is 1. The number of hydrogen-bond donors (Lipinski definition) is 1. The van der Waals surface area contributed by atoms with Crippen LogP contribution >= 0.6 is 11.6 Å². The largest absolute Gasteiger partial charge is 0.334 e. The number of nitrogens with zero attached hydrogens (tertiary/aromatic N) is 2. The molecule has 1 amide bonds. The molecule has 1 aromatic heterocycles. The second kappa shape index (κ2) is 6.35. The normalized spacial score (nSPS) is 23.4. The molecule has 2 heterocycles. The van der Waals surface area contributed by atoms with E-state index in [0.717, 1.165) is 25.8 Å². The Morgan fingerprint density at radius 3 is 3.05 bits per heavy atom. The first-order chi connectivity index (χ1) is 9.17. The Labute approximate surface area is 118 Å². The fourth-order valence-electron chi connectivity index (χ4n) is 2.70. The summed E-state index contributed by atoms with van der Waals surface area (Å²) >= 11 is 6.04. The molecule has 1 aromatic rings. The summed E-state index contributed by atoms with van der Waals surface area (Å²) in [6, 6.07) is 1.79. The molecule has 2 rings (SSSR count). The van der Waals surface area contributed by atoms with E-state index in [0.29, 0.717) is 23.0 Å². The molecule has 2 unspecified atom stereocenters. The third-order valence-corrected chi connectivity index (χ3v) is 4.24. The van der Waals surface area contributed by atoms with Crippen LogP contribution in [0.2, 0.25) is 5.02 Å². The quantitative estimate of drug-likeness (QED) is 0.925. The summed E-state index contributed by atoms with van der Waals surface area (Å²) < 4.78 is 0. The highest BCUT2D eigenvalue weighted by Gasteiger charge is 2.31. The number of aromatic nitrogens is 1. The van der Waals surface area contributed by atoms with Crippen molar-refractivity contribution in [3.63, 3.8) is 0 Å². The van der Waals surface area contributed by atoms with Crippen molar-refractivity contribution in [3.8, 4) is 0 Å². The Hall–Kier alpha value is -1.13. The van der Waals surface area contributed by atoms with E-state index in [1.165, 1.54) is 6.20 Å².